The Labute approximate surface area is 128 Å². The van der Waals surface area contributed by atoms with Crippen LogP contribution in [-0.2, 0) is 6.54 Å². The minimum Gasteiger partial charge on any atom is -0.326 e. The molecule has 3 nitrogen and oxygen atoms in total. The van der Waals surface area contributed by atoms with Gasteiger partial charge in [0.2, 0.25) is 5.95 Å². The highest BCUT2D eigenvalue weighted by atomic mass is 32.2. The van der Waals surface area contributed by atoms with Gasteiger partial charge in [0.05, 0.1) is 5.69 Å². The first-order valence-electron chi connectivity index (χ1n) is 6.86. The maximum absolute atomic E-state index is 4.61. The molecule has 1 aliphatic heterocycles. The molecule has 0 bridgehead atoms. The van der Waals surface area contributed by atoms with Gasteiger partial charge >= 0.3 is 0 Å². The Kier molecular flexibility index (Phi) is 4.58. The average molecular weight is 305 g/mol. The fourth-order valence-electron chi connectivity index (χ4n) is 2.30. The van der Waals surface area contributed by atoms with Crippen molar-refractivity contribution in [3.63, 3.8) is 0 Å². The summed E-state index contributed by atoms with van der Waals surface area (Å²) in [5, 5.41) is 4.11. The van der Waals surface area contributed by atoms with E-state index in [4.69, 9.17) is 0 Å². The third-order valence-electron chi connectivity index (χ3n) is 3.21. The number of nitrogens with zero attached hydrogens (tertiary/aromatic N) is 2. The van der Waals surface area contributed by atoms with E-state index >= 15 is 0 Å². The molecule has 0 amide bonds. The Bertz CT molecular complexity index is 548. The van der Waals surface area contributed by atoms with Gasteiger partial charge in [-0.25, -0.2) is 4.98 Å². The van der Waals surface area contributed by atoms with E-state index in [1.807, 2.05) is 18.2 Å². The largest absolute Gasteiger partial charge is 0.326 e. The van der Waals surface area contributed by atoms with E-state index in [0.717, 1.165) is 23.9 Å². The summed E-state index contributed by atoms with van der Waals surface area (Å²) < 4.78 is 2.26. The molecule has 0 radical (unpaired) electrons. The fourth-order valence-corrected chi connectivity index (χ4v) is 4.96. The fraction of sp³-hybridized carbons (Fsp3) is 0.400. The molecule has 20 heavy (non-hydrogen) atoms. The number of para-hydroxylation sites is 1. The summed E-state index contributed by atoms with van der Waals surface area (Å²) >= 11 is 4.15. The van der Waals surface area contributed by atoms with Crippen LogP contribution in [0.4, 0.5) is 11.6 Å². The summed E-state index contributed by atoms with van der Waals surface area (Å²) in [6, 6.07) is 10.2. The number of aromatic nitrogens is 2. The van der Waals surface area contributed by atoms with E-state index in [-0.39, 0.29) is 0 Å². The van der Waals surface area contributed by atoms with Gasteiger partial charge in [0.15, 0.2) is 0 Å². The molecule has 5 heteroatoms. The summed E-state index contributed by atoms with van der Waals surface area (Å²) in [6.07, 6.45) is 2.14. The number of hydrogen-bond donors (Lipinski definition) is 1. The molecule has 0 aliphatic carbocycles. The number of anilines is 2. The summed E-state index contributed by atoms with van der Waals surface area (Å²) in [5.41, 5.74) is 2.15. The molecule has 3 rings (SSSR count). The minimum atomic E-state index is 0.693. The van der Waals surface area contributed by atoms with Gasteiger partial charge in [0, 0.05) is 40.9 Å². The van der Waals surface area contributed by atoms with Crippen LogP contribution in [0.25, 0.3) is 0 Å². The zero-order chi connectivity index (χ0) is 13.8. The predicted molar refractivity (Wildman–Crippen MR) is 90.3 cm³/mol. The lowest BCUT2D eigenvalue weighted by Gasteiger charge is -2.22. The number of imidazole rings is 1. The van der Waals surface area contributed by atoms with Crippen molar-refractivity contribution in [3.05, 3.63) is 42.2 Å². The second-order valence-corrected chi connectivity index (χ2v) is 7.48. The van der Waals surface area contributed by atoms with E-state index in [1.54, 1.807) is 0 Å². The van der Waals surface area contributed by atoms with Crippen LogP contribution in [0.3, 0.4) is 0 Å². The lowest BCUT2D eigenvalue weighted by molar-refractivity contribution is 0.702. The predicted octanol–water partition coefficient (Wildman–Crippen LogP) is 3.78. The van der Waals surface area contributed by atoms with Crippen molar-refractivity contribution >= 4 is 35.2 Å². The summed E-state index contributed by atoms with van der Waals surface area (Å²) in [4.78, 5) is 4.61. The smallest absolute Gasteiger partial charge is 0.207 e. The second kappa shape index (κ2) is 6.59. The molecule has 1 N–H and O–H groups in total. The third kappa shape index (κ3) is 3.52. The summed E-state index contributed by atoms with van der Waals surface area (Å²) in [6.45, 7) is 3.09. The molecule has 1 unspecified atom stereocenters. The third-order valence-corrected chi connectivity index (χ3v) is 6.04. The normalized spacial score (nSPS) is 18.9. The SMILES string of the molecule is Cc1cn(CC2CSCCS2)c(Nc2ccccc2)n1. The Morgan fingerprint density at radius 2 is 2.15 bits per heavy atom. The van der Waals surface area contributed by atoms with Crippen molar-refractivity contribution in [1.29, 1.82) is 0 Å². The number of hydrogen-bond acceptors (Lipinski definition) is 4. The van der Waals surface area contributed by atoms with Gasteiger partial charge in [-0.2, -0.15) is 23.5 Å². The van der Waals surface area contributed by atoms with E-state index < -0.39 is 0 Å². The van der Waals surface area contributed by atoms with Crippen LogP contribution >= 0.6 is 23.5 Å². The Morgan fingerprint density at radius 3 is 2.90 bits per heavy atom. The van der Waals surface area contributed by atoms with Crippen LogP contribution in [0, 0.1) is 6.92 Å². The van der Waals surface area contributed by atoms with Gasteiger partial charge in [-0.05, 0) is 19.1 Å². The Balaban J connectivity index is 1.73. The first-order chi connectivity index (χ1) is 9.81. The van der Waals surface area contributed by atoms with Gasteiger partial charge < -0.3 is 9.88 Å². The van der Waals surface area contributed by atoms with E-state index in [9.17, 15) is 0 Å². The Morgan fingerprint density at radius 1 is 1.30 bits per heavy atom. The number of nitrogens with one attached hydrogen (secondary N) is 1. The Hall–Kier alpha value is -1.07. The van der Waals surface area contributed by atoms with Crippen LogP contribution in [0.2, 0.25) is 0 Å². The number of aryl methyl sites for hydroxylation is 1. The zero-order valence-electron chi connectivity index (χ0n) is 11.6. The van der Waals surface area contributed by atoms with Crippen molar-refractivity contribution in [2.45, 2.75) is 18.7 Å². The maximum atomic E-state index is 4.61. The van der Waals surface area contributed by atoms with E-state index in [1.165, 1.54) is 17.3 Å². The molecular formula is C15H19N3S2. The van der Waals surface area contributed by atoms with Crippen LogP contribution in [0.1, 0.15) is 5.69 Å². The average Bonchev–Trinajstić information content (AvgIpc) is 2.81. The minimum absolute atomic E-state index is 0.693. The molecule has 2 heterocycles. The molecule has 1 atom stereocenters. The van der Waals surface area contributed by atoms with Gasteiger partial charge in [-0.3, -0.25) is 0 Å². The number of rotatable bonds is 4. The summed E-state index contributed by atoms with van der Waals surface area (Å²) in [5.74, 6) is 4.75. The number of thioether (sulfide) groups is 2. The molecule has 1 aliphatic rings. The molecule has 1 aromatic heterocycles. The molecule has 0 spiro atoms. The lowest BCUT2D eigenvalue weighted by atomic mass is 10.3. The van der Waals surface area contributed by atoms with Crippen molar-refractivity contribution < 1.29 is 0 Å². The molecule has 106 valence electrons. The van der Waals surface area contributed by atoms with E-state index in [2.05, 4.69) is 63.6 Å². The van der Waals surface area contributed by atoms with Crippen molar-refractivity contribution in [2.24, 2.45) is 0 Å². The quantitative estimate of drug-likeness (QED) is 0.931. The van der Waals surface area contributed by atoms with Crippen LogP contribution in [-0.4, -0.2) is 32.1 Å². The topological polar surface area (TPSA) is 29.9 Å². The second-order valence-electron chi connectivity index (χ2n) is 4.92. The molecule has 1 saturated heterocycles. The first kappa shape index (κ1) is 13.9. The van der Waals surface area contributed by atoms with Crippen LogP contribution in [0.5, 0.6) is 0 Å². The molecule has 1 aromatic carbocycles. The molecule has 0 saturated carbocycles. The van der Waals surface area contributed by atoms with Crippen molar-refractivity contribution in [2.75, 3.05) is 22.6 Å². The highest BCUT2D eigenvalue weighted by Gasteiger charge is 2.17. The van der Waals surface area contributed by atoms with Gasteiger partial charge in [0.25, 0.3) is 0 Å². The van der Waals surface area contributed by atoms with Gasteiger partial charge in [-0.15, -0.1) is 0 Å². The standard InChI is InChI=1S/C15H19N3S2/c1-12-9-18(10-14-11-19-7-8-20-14)15(16-12)17-13-5-3-2-4-6-13/h2-6,9,14H,7-8,10-11H2,1H3,(H,16,17). The summed E-state index contributed by atoms with van der Waals surface area (Å²) in [7, 11) is 0. The highest BCUT2D eigenvalue weighted by molar-refractivity contribution is 8.06. The monoisotopic (exact) mass is 305 g/mol. The van der Waals surface area contributed by atoms with Crippen molar-refractivity contribution in [3.8, 4) is 0 Å². The molecule has 1 fully saturated rings. The van der Waals surface area contributed by atoms with Crippen molar-refractivity contribution in [1.82, 2.24) is 9.55 Å². The zero-order valence-corrected chi connectivity index (χ0v) is 13.2. The van der Waals surface area contributed by atoms with Gasteiger partial charge in [0.1, 0.15) is 0 Å². The molecule has 2 aromatic rings. The van der Waals surface area contributed by atoms with Crippen LogP contribution < -0.4 is 5.32 Å². The molecular weight excluding hydrogens is 286 g/mol. The number of benzene rings is 1. The lowest BCUT2D eigenvalue weighted by Crippen LogP contribution is -2.20. The maximum Gasteiger partial charge on any atom is 0.207 e. The van der Waals surface area contributed by atoms with Crippen LogP contribution in [0.15, 0.2) is 36.5 Å². The first-order valence-corrected chi connectivity index (χ1v) is 9.07. The highest BCUT2D eigenvalue weighted by Crippen LogP contribution is 2.27. The van der Waals surface area contributed by atoms with Gasteiger partial charge in [-0.1, -0.05) is 18.2 Å². The van der Waals surface area contributed by atoms with E-state index in [0.29, 0.717) is 5.25 Å².